The van der Waals surface area contributed by atoms with Gasteiger partial charge in [0.25, 0.3) is 0 Å². The van der Waals surface area contributed by atoms with Gasteiger partial charge in [0.2, 0.25) is 6.79 Å². The zero-order chi connectivity index (χ0) is 22.6. The van der Waals surface area contributed by atoms with Crippen LogP contribution in [0.2, 0.25) is 0 Å². The number of carboxylic acid groups (broad SMARTS) is 1. The number of aromatic nitrogens is 2. The van der Waals surface area contributed by atoms with Crippen LogP contribution in [-0.2, 0) is 30.5 Å². The SMILES string of the molecule is O=C(O)C[C@H](Cc1csc(CCCc2ccc3c(n2)NCCC3)n1)c1ccc2c(c1)OCO2. The molecule has 0 saturated heterocycles. The molecule has 33 heavy (non-hydrogen) atoms. The van der Waals surface area contributed by atoms with Crippen molar-refractivity contribution >= 4 is 23.1 Å². The predicted molar refractivity (Wildman–Crippen MR) is 126 cm³/mol. The van der Waals surface area contributed by atoms with Crippen LogP contribution in [0.25, 0.3) is 0 Å². The molecule has 0 saturated carbocycles. The van der Waals surface area contributed by atoms with Gasteiger partial charge in [0.15, 0.2) is 11.5 Å². The van der Waals surface area contributed by atoms with E-state index in [4.69, 9.17) is 19.4 Å². The Morgan fingerprint density at radius 2 is 2.03 bits per heavy atom. The van der Waals surface area contributed by atoms with Gasteiger partial charge < -0.3 is 19.9 Å². The average Bonchev–Trinajstić information content (AvgIpc) is 3.47. The number of anilines is 1. The van der Waals surface area contributed by atoms with E-state index >= 15 is 0 Å². The lowest BCUT2D eigenvalue weighted by atomic mass is 9.91. The van der Waals surface area contributed by atoms with Gasteiger partial charge in [-0.2, -0.15) is 0 Å². The maximum Gasteiger partial charge on any atom is 0.303 e. The van der Waals surface area contributed by atoms with Gasteiger partial charge in [-0.3, -0.25) is 4.79 Å². The van der Waals surface area contributed by atoms with E-state index in [0.29, 0.717) is 17.9 Å². The van der Waals surface area contributed by atoms with Gasteiger partial charge in [-0.1, -0.05) is 12.1 Å². The van der Waals surface area contributed by atoms with E-state index in [1.807, 2.05) is 18.2 Å². The highest BCUT2D eigenvalue weighted by Crippen LogP contribution is 2.36. The molecule has 0 unspecified atom stereocenters. The predicted octanol–water partition coefficient (Wildman–Crippen LogP) is 4.60. The first kappa shape index (κ1) is 21.7. The molecule has 0 spiro atoms. The number of ether oxygens (including phenoxy) is 2. The molecule has 2 aromatic heterocycles. The fourth-order valence-electron chi connectivity index (χ4n) is 4.42. The molecule has 1 atom stereocenters. The quantitative estimate of drug-likeness (QED) is 0.477. The van der Waals surface area contributed by atoms with Gasteiger partial charge in [0, 0.05) is 23.5 Å². The molecule has 0 fully saturated rings. The van der Waals surface area contributed by atoms with E-state index in [9.17, 15) is 9.90 Å². The Kier molecular flexibility index (Phi) is 6.44. The number of thiazole rings is 1. The lowest BCUT2D eigenvalue weighted by molar-refractivity contribution is -0.137. The van der Waals surface area contributed by atoms with Gasteiger partial charge in [0.05, 0.1) is 17.1 Å². The Morgan fingerprint density at radius 1 is 1.12 bits per heavy atom. The summed E-state index contributed by atoms with van der Waals surface area (Å²) in [4.78, 5) is 21.1. The largest absolute Gasteiger partial charge is 0.481 e. The van der Waals surface area contributed by atoms with Crippen molar-refractivity contribution in [3.8, 4) is 11.5 Å². The summed E-state index contributed by atoms with van der Waals surface area (Å²) in [6.45, 7) is 1.20. The number of nitrogens with zero attached hydrogens (tertiary/aromatic N) is 2. The molecule has 2 aliphatic heterocycles. The second kappa shape index (κ2) is 9.79. The molecule has 5 rings (SSSR count). The van der Waals surface area contributed by atoms with Gasteiger partial charge in [0.1, 0.15) is 5.82 Å². The maximum atomic E-state index is 11.5. The lowest BCUT2D eigenvalue weighted by Gasteiger charge is -2.17. The highest BCUT2D eigenvalue weighted by Gasteiger charge is 2.22. The molecule has 0 radical (unpaired) electrons. The first-order valence-electron chi connectivity index (χ1n) is 11.4. The van der Waals surface area contributed by atoms with E-state index in [-0.39, 0.29) is 19.1 Å². The fourth-order valence-corrected chi connectivity index (χ4v) is 5.28. The Labute approximate surface area is 196 Å². The zero-order valence-electron chi connectivity index (χ0n) is 18.4. The molecule has 1 aromatic carbocycles. The number of benzene rings is 1. The first-order chi connectivity index (χ1) is 16.1. The van der Waals surface area contributed by atoms with E-state index < -0.39 is 5.97 Å². The normalized spacial score (nSPS) is 15.0. The number of nitrogens with one attached hydrogen (secondary N) is 1. The number of aliphatic carboxylic acids is 1. The molecule has 172 valence electrons. The van der Waals surface area contributed by atoms with Crippen molar-refractivity contribution in [3.63, 3.8) is 0 Å². The number of rotatable bonds is 9. The van der Waals surface area contributed by atoms with Crippen LogP contribution in [0.3, 0.4) is 0 Å². The molecular formula is C25H27N3O4S. The van der Waals surface area contributed by atoms with Crippen LogP contribution in [0, 0.1) is 0 Å². The summed E-state index contributed by atoms with van der Waals surface area (Å²) in [6.07, 6.45) is 5.70. The van der Waals surface area contributed by atoms with E-state index in [2.05, 4.69) is 22.8 Å². The highest BCUT2D eigenvalue weighted by atomic mass is 32.1. The van der Waals surface area contributed by atoms with E-state index in [1.54, 1.807) is 11.3 Å². The van der Waals surface area contributed by atoms with Crippen LogP contribution in [0.4, 0.5) is 5.82 Å². The van der Waals surface area contributed by atoms with Crippen molar-refractivity contribution in [1.29, 1.82) is 0 Å². The molecule has 2 aliphatic rings. The molecule has 0 aliphatic carbocycles. The minimum atomic E-state index is -0.819. The molecule has 8 heteroatoms. The van der Waals surface area contributed by atoms with Crippen LogP contribution < -0.4 is 14.8 Å². The number of hydrogen-bond donors (Lipinski definition) is 2. The molecule has 0 bridgehead atoms. The molecule has 4 heterocycles. The second-order valence-corrected chi connectivity index (χ2v) is 9.48. The Balaban J connectivity index is 1.19. The number of pyridine rings is 1. The molecule has 7 nitrogen and oxygen atoms in total. The van der Waals surface area contributed by atoms with Crippen molar-refractivity contribution < 1.29 is 19.4 Å². The van der Waals surface area contributed by atoms with Crippen LogP contribution >= 0.6 is 11.3 Å². The van der Waals surface area contributed by atoms with Crippen LogP contribution in [0.1, 0.15) is 52.7 Å². The van der Waals surface area contributed by atoms with Gasteiger partial charge in [-0.15, -0.1) is 11.3 Å². The summed E-state index contributed by atoms with van der Waals surface area (Å²) in [5, 5.41) is 16.0. The summed E-state index contributed by atoms with van der Waals surface area (Å²) in [7, 11) is 0. The van der Waals surface area contributed by atoms with Crippen molar-refractivity contribution in [3.05, 3.63) is 63.2 Å². The van der Waals surface area contributed by atoms with Crippen LogP contribution in [0.5, 0.6) is 11.5 Å². The number of hydrogen-bond acceptors (Lipinski definition) is 7. The molecule has 0 amide bonds. The van der Waals surface area contributed by atoms with Crippen molar-refractivity contribution in [2.24, 2.45) is 0 Å². The Morgan fingerprint density at radius 3 is 2.94 bits per heavy atom. The summed E-state index contributed by atoms with van der Waals surface area (Å²) in [6, 6.07) is 10.0. The third kappa shape index (κ3) is 5.27. The Bertz CT molecular complexity index is 1150. The van der Waals surface area contributed by atoms with Gasteiger partial charge >= 0.3 is 5.97 Å². The van der Waals surface area contributed by atoms with Crippen LogP contribution in [-0.4, -0.2) is 34.4 Å². The van der Waals surface area contributed by atoms with Crippen LogP contribution in [0.15, 0.2) is 35.7 Å². The summed E-state index contributed by atoms with van der Waals surface area (Å²) < 4.78 is 10.8. The summed E-state index contributed by atoms with van der Waals surface area (Å²) in [5.41, 5.74) is 4.30. The highest BCUT2D eigenvalue weighted by molar-refractivity contribution is 7.09. The third-order valence-electron chi connectivity index (χ3n) is 6.12. The summed E-state index contributed by atoms with van der Waals surface area (Å²) in [5.74, 6) is 1.43. The number of aryl methyl sites for hydroxylation is 3. The van der Waals surface area contributed by atoms with Crippen molar-refractivity contribution in [1.82, 2.24) is 9.97 Å². The number of carbonyl (C=O) groups is 1. The smallest absolute Gasteiger partial charge is 0.303 e. The standard InChI is InChI=1S/C25H27N3O4S/c29-24(30)13-18(17-7-9-21-22(12-17)32-15-31-21)11-20-14-33-23(27-20)5-1-4-19-8-6-16-3-2-10-26-25(16)28-19/h6-9,12,14,18H,1-5,10-11,13,15H2,(H,26,28)(H,29,30)/t18-/m0/s1. The van der Waals surface area contributed by atoms with E-state index in [1.165, 1.54) is 12.0 Å². The molecular weight excluding hydrogens is 438 g/mol. The van der Waals surface area contributed by atoms with E-state index in [0.717, 1.165) is 60.0 Å². The lowest BCUT2D eigenvalue weighted by Crippen LogP contribution is -2.14. The minimum Gasteiger partial charge on any atom is -0.481 e. The zero-order valence-corrected chi connectivity index (χ0v) is 19.2. The molecule has 3 aromatic rings. The maximum absolute atomic E-state index is 11.5. The topological polar surface area (TPSA) is 93.6 Å². The van der Waals surface area contributed by atoms with Crippen molar-refractivity contribution in [2.45, 2.75) is 50.9 Å². The van der Waals surface area contributed by atoms with Crippen molar-refractivity contribution in [2.75, 3.05) is 18.7 Å². The monoisotopic (exact) mass is 465 g/mol. The fraction of sp³-hybridized carbons (Fsp3) is 0.400. The number of fused-ring (bicyclic) bond motifs is 2. The van der Waals surface area contributed by atoms with Gasteiger partial charge in [-0.05, 0) is 67.9 Å². The Hall–Kier alpha value is -3.13. The minimum absolute atomic E-state index is 0.0462. The van der Waals surface area contributed by atoms with Gasteiger partial charge in [-0.25, -0.2) is 9.97 Å². The summed E-state index contributed by atoms with van der Waals surface area (Å²) >= 11 is 1.65. The average molecular weight is 466 g/mol. The molecule has 2 N–H and O–H groups in total. The first-order valence-corrected chi connectivity index (χ1v) is 12.3. The number of carboxylic acids is 1. The second-order valence-electron chi connectivity index (χ2n) is 8.54. The third-order valence-corrected chi connectivity index (χ3v) is 7.08.